The Morgan fingerprint density at radius 3 is 2.42 bits per heavy atom. The van der Waals surface area contributed by atoms with Gasteiger partial charge in [-0.3, -0.25) is 14.8 Å². The number of aromatic nitrogens is 3. The Balaban J connectivity index is 1.44. The molecule has 0 unspecified atom stereocenters. The van der Waals surface area contributed by atoms with Crippen molar-refractivity contribution >= 4 is 15.8 Å². The number of rotatable bonds is 5. The maximum absolute atomic E-state index is 11.5. The molecule has 0 radical (unpaired) electrons. The molecular weight excluding hydrogens is 356 g/mol. The van der Waals surface area contributed by atoms with Crippen LogP contribution in [0.2, 0.25) is 0 Å². The second-order valence-corrected chi connectivity index (χ2v) is 9.32. The fourth-order valence-electron chi connectivity index (χ4n) is 3.20. The van der Waals surface area contributed by atoms with Crippen LogP contribution in [0.5, 0.6) is 0 Å². The topological polar surface area (TPSA) is 116 Å². The largest absolute Gasteiger partial charge is 0.480 e. The number of carboxylic acid groups (broad SMARTS) is 1. The predicted octanol–water partition coefficient (Wildman–Crippen LogP) is 0.818. The first kappa shape index (κ1) is 17.2. The fourth-order valence-corrected chi connectivity index (χ4v) is 4.47. The van der Waals surface area contributed by atoms with E-state index in [0.717, 1.165) is 11.1 Å². The van der Waals surface area contributed by atoms with E-state index in [0.29, 0.717) is 44.1 Å². The second-order valence-electron chi connectivity index (χ2n) is 7.02. The molecule has 4 rings (SSSR count). The summed E-state index contributed by atoms with van der Waals surface area (Å²) in [7, 11) is -2.86. The lowest BCUT2D eigenvalue weighted by atomic mass is 10.1. The van der Waals surface area contributed by atoms with E-state index in [2.05, 4.69) is 20.1 Å². The van der Waals surface area contributed by atoms with Gasteiger partial charge in [-0.05, 0) is 18.4 Å². The van der Waals surface area contributed by atoms with Crippen LogP contribution in [0.25, 0.3) is 11.4 Å². The third kappa shape index (κ3) is 3.24. The van der Waals surface area contributed by atoms with Crippen LogP contribution in [-0.4, -0.2) is 64.2 Å². The molecule has 1 aliphatic heterocycles. The van der Waals surface area contributed by atoms with Crippen molar-refractivity contribution in [3.05, 3.63) is 35.7 Å². The molecule has 1 aromatic carbocycles. The van der Waals surface area contributed by atoms with Crippen LogP contribution < -0.4 is 0 Å². The number of H-pyrrole nitrogens is 1. The van der Waals surface area contributed by atoms with Gasteiger partial charge in [0.25, 0.3) is 0 Å². The Bertz CT molecular complexity index is 918. The summed E-state index contributed by atoms with van der Waals surface area (Å²) < 4.78 is 23.0. The highest BCUT2D eigenvalue weighted by Gasteiger charge is 2.55. The number of aromatic amines is 1. The average Bonchev–Trinajstić information content (AvgIpc) is 3.29. The van der Waals surface area contributed by atoms with E-state index in [1.807, 2.05) is 24.3 Å². The lowest BCUT2D eigenvalue weighted by Gasteiger charge is -2.26. The molecule has 2 N–H and O–H groups in total. The van der Waals surface area contributed by atoms with Gasteiger partial charge in [0.05, 0.1) is 11.5 Å². The molecule has 2 aromatic rings. The lowest BCUT2D eigenvalue weighted by Crippen LogP contribution is -2.39. The number of benzene rings is 1. The minimum absolute atomic E-state index is 0.219. The van der Waals surface area contributed by atoms with Crippen LogP contribution in [0.15, 0.2) is 24.3 Å². The summed E-state index contributed by atoms with van der Waals surface area (Å²) in [5.41, 5.74) is 1.02. The molecule has 2 fully saturated rings. The van der Waals surface area contributed by atoms with Crippen molar-refractivity contribution in [1.82, 2.24) is 20.1 Å². The molecule has 0 amide bonds. The third-order valence-corrected chi connectivity index (χ3v) is 6.75. The van der Waals surface area contributed by atoms with Crippen LogP contribution in [0.3, 0.4) is 0 Å². The molecule has 138 valence electrons. The number of carbonyl (C=O) groups is 1. The van der Waals surface area contributed by atoms with Crippen molar-refractivity contribution in [1.29, 1.82) is 0 Å². The van der Waals surface area contributed by atoms with Crippen molar-refractivity contribution < 1.29 is 18.3 Å². The molecule has 1 saturated heterocycles. The molecule has 8 nitrogen and oxygen atoms in total. The zero-order valence-corrected chi connectivity index (χ0v) is 15.0. The van der Waals surface area contributed by atoms with E-state index < -0.39 is 21.2 Å². The predicted molar refractivity (Wildman–Crippen MR) is 94.3 cm³/mol. The van der Waals surface area contributed by atoms with Gasteiger partial charge in [-0.2, -0.15) is 5.10 Å². The van der Waals surface area contributed by atoms with Gasteiger partial charge in [0.1, 0.15) is 5.41 Å². The first-order valence-electron chi connectivity index (χ1n) is 8.56. The van der Waals surface area contributed by atoms with Crippen molar-refractivity contribution in [2.24, 2.45) is 0 Å². The van der Waals surface area contributed by atoms with Gasteiger partial charge in [0.15, 0.2) is 21.5 Å². The molecule has 1 saturated carbocycles. The zero-order chi connectivity index (χ0) is 18.4. The molecule has 0 atom stereocenters. The summed E-state index contributed by atoms with van der Waals surface area (Å²) in [6, 6.07) is 7.79. The summed E-state index contributed by atoms with van der Waals surface area (Å²) in [6.45, 7) is 1.83. The first-order chi connectivity index (χ1) is 12.4. The normalized spacial score (nSPS) is 21.4. The Morgan fingerprint density at radius 2 is 1.85 bits per heavy atom. The molecule has 9 heteroatoms. The maximum atomic E-state index is 11.5. The van der Waals surface area contributed by atoms with Gasteiger partial charge >= 0.3 is 5.97 Å². The van der Waals surface area contributed by atoms with Crippen molar-refractivity contribution in [3.63, 3.8) is 0 Å². The average molecular weight is 376 g/mol. The Hall–Kier alpha value is -2.26. The maximum Gasteiger partial charge on any atom is 0.317 e. The highest BCUT2D eigenvalue weighted by atomic mass is 32.2. The quantitative estimate of drug-likeness (QED) is 0.793. The van der Waals surface area contributed by atoms with E-state index in [4.69, 9.17) is 0 Å². The molecule has 2 aliphatic rings. The van der Waals surface area contributed by atoms with Crippen molar-refractivity contribution in [2.45, 2.75) is 24.8 Å². The van der Waals surface area contributed by atoms with Gasteiger partial charge in [-0.1, -0.05) is 24.3 Å². The highest BCUT2D eigenvalue weighted by molar-refractivity contribution is 7.91. The first-order valence-corrected chi connectivity index (χ1v) is 10.4. The number of sulfone groups is 1. The van der Waals surface area contributed by atoms with Crippen LogP contribution in [0, 0.1) is 0 Å². The molecule has 26 heavy (non-hydrogen) atoms. The van der Waals surface area contributed by atoms with E-state index >= 15 is 0 Å². The number of aliphatic carboxylic acids is 1. The Kier molecular flexibility index (Phi) is 4.07. The molecule has 0 spiro atoms. The number of hydrogen-bond acceptors (Lipinski definition) is 6. The summed E-state index contributed by atoms with van der Waals surface area (Å²) in [5.74, 6) is 0.470. The Morgan fingerprint density at radius 1 is 1.19 bits per heavy atom. The summed E-state index contributed by atoms with van der Waals surface area (Å²) in [4.78, 5) is 17.9. The Labute approximate surface area is 151 Å². The van der Waals surface area contributed by atoms with E-state index in [1.165, 1.54) is 0 Å². The van der Waals surface area contributed by atoms with E-state index in [9.17, 15) is 18.3 Å². The smallest absolute Gasteiger partial charge is 0.317 e. The van der Waals surface area contributed by atoms with E-state index in [1.54, 1.807) is 0 Å². The second kappa shape index (κ2) is 6.17. The van der Waals surface area contributed by atoms with Gasteiger partial charge in [-0.15, -0.1) is 0 Å². The van der Waals surface area contributed by atoms with Crippen molar-refractivity contribution in [2.75, 3.05) is 24.6 Å². The van der Waals surface area contributed by atoms with Gasteiger partial charge in [0, 0.05) is 25.2 Å². The van der Waals surface area contributed by atoms with Crippen LogP contribution >= 0.6 is 0 Å². The standard InChI is InChI=1S/C17H20N4O4S/c22-16(23)17(5-6-17)15-18-14(19-20-15)13-3-1-12(2-4-13)11-21-7-9-26(24,25)10-8-21/h1-4H,5-11H2,(H,22,23)(H,18,19,20). The molecule has 0 bridgehead atoms. The molecule has 1 aromatic heterocycles. The van der Waals surface area contributed by atoms with E-state index in [-0.39, 0.29) is 11.5 Å². The highest BCUT2D eigenvalue weighted by Crippen LogP contribution is 2.47. The van der Waals surface area contributed by atoms with Gasteiger partial charge < -0.3 is 5.11 Å². The van der Waals surface area contributed by atoms with Crippen LogP contribution in [-0.2, 0) is 26.6 Å². The summed E-state index contributed by atoms with van der Waals surface area (Å²) in [5, 5.41) is 16.3. The molecule has 2 heterocycles. The number of carboxylic acids is 1. The molecular formula is C17H20N4O4S. The van der Waals surface area contributed by atoms with Gasteiger partial charge in [0.2, 0.25) is 0 Å². The lowest BCUT2D eigenvalue weighted by molar-refractivity contribution is -0.140. The minimum Gasteiger partial charge on any atom is -0.480 e. The summed E-state index contributed by atoms with van der Waals surface area (Å²) in [6.07, 6.45) is 1.15. The fraction of sp³-hybridized carbons (Fsp3) is 0.471. The number of hydrogen-bond donors (Lipinski definition) is 2. The third-order valence-electron chi connectivity index (χ3n) is 5.14. The SMILES string of the molecule is O=C(O)C1(c2n[nH]c(-c3ccc(CN4CCS(=O)(=O)CC4)cc3)n2)CC1. The minimum atomic E-state index is -2.86. The van der Waals surface area contributed by atoms with Crippen molar-refractivity contribution in [3.8, 4) is 11.4 Å². The molecule has 1 aliphatic carbocycles. The zero-order valence-electron chi connectivity index (χ0n) is 14.2. The summed E-state index contributed by atoms with van der Waals surface area (Å²) >= 11 is 0. The number of nitrogens with one attached hydrogen (secondary N) is 1. The number of nitrogens with zero attached hydrogens (tertiary/aromatic N) is 3. The van der Waals surface area contributed by atoms with Gasteiger partial charge in [-0.25, -0.2) is 13.4 Å². The van der Waals surface area contributed by atoms with Crippen LogP contribution in [0.4, 0.5) is 0 Å². The monoisotopic (exact) mass is 376 g/mol. The van der Waals surface area contributed by atoms with Crippen LogP contribution in [0.1, 0.15) is 24.2 Å².